The van der Waals surface area contributed by atoms with Crippen molar-refractivity contribution >= 4 is 52.3 Å². The summed E-state index contributed by atoms with van der Waals surface area (Å²) in [5, 5.41) is 2.96. The van der Waals surface area contributed by atoms with Crippen LogP contribution in [0.3, 0.4) is 0 Å². The van der Waals surface area contributed by atoms with Crippen LogP contribution in [0.1, 0.15) is 90.6 Å². The van der Waals surface area contributed by atoms with Gasteiger partial charge >= 0.3 is 360 Å². The number of allylic oxidation sites excluding steroid dienone is 2. The first-order chi connectivity index (χ1) is 27.6. The second-order valence-corrected chi connectivity index (χ2v) is 40.8. The van der Waals surface area contributed by atoms with Crippen LogP contribution in [0.15, 0.2) is 114 Å². The molecule has 0 nitrogen and oxygen atoms in total. The number of halogens is 2. The molecule has 0 spiro atoms. The summed E-state index contributed by atoms with van der Waals surface area (Å²) in [6.45, 7) is 22.9. The number of aryl methyl sites for hydroxylation is 4. The van der Waals surface area contributed by atoms with E-state index < -0.39 is 25.9 Å². The van der Waals surface area contributed by atoms with Crippen LogP contribution in [-0.2, 0) is 16.4 Å². The van der Waals surface area contributed by atoms with Gasteiger partial charge in [-0.25, -0.2) is 0 Å². The molecule has 3 aliphatic rings. The van der Waals surface area contributed by atoms with Gasteiger partial charge < -0.3 is 0 Å². The van der Waals surface area contributed by atoms with E-state index in [0.717, 1.165) is 0 Å². The van der Waals surface area contributed by atoms with Crippen LogP contribution in [0.4, 0.5) is 0 Å². The number of fused-ring (bicyclic) bond motifs is 5. The first kappa shape index (κ1) is 39.9. The molecular weight excluding hydrogens is 839 g/mol. The van der Waals surface area contributed by atoms with E-state index in [9.17, 15) is 17.0 Å². The molecule has 1 aliphatic heterocycles. The summed E-state index contributed by atoms with van der Waals surface area (Å²) < 4.78 is 1.07. The molecule has 0 aromatic heterocycles. The number of hydrogen-bond donors (Lipinski definition) is 0. The van der Waals surface area contributed by atoms with Crippen molar-refractivity contribution < 1.29 is 16.4 Å². The fourth-order valence-corrected chi connectivity index (χ4v) is 39.5. The van der Waals surface area contributed by atoms with Crippen LogP contribution in [0, 0.1) is 53.4 Å². The van der Waals surface area contributed by atoms with Gasteiger partial charge in [0, 0.05) is 0 Å². The van der Waals surface area contributed by atoms with Gasteiger partial charge in [0.2, 0.25) is 0 Å². The molecule has 58 heavy (non-hydrogen) atoms. The standard InChI is InChI=1S/2C21H23.C12H9Si.2ClH.Zr/c2*1-13(2)18-11-17-7-6-8-19(21(17)12-18)20-10-14(3)9-15(4)16(20)5;1-3-7-11-9(5-1)10-6-2-4-8-12(10)13-11;;;/h2*6-13H,1-5H3;1-7H,13H2;2*1H;/q;;;;;+2/p-2. The van der Waals surface area contributed by atoms with Crippen LogP contribution in [0.25, 0.3) is 45.5 Å². The Bertz CT molecular complexity index is 2640. The molecule has 2 atom stereocenters. The minimum atomic E-state index is -5.66. The fourth-order valence-electron chi connectivity index (χ4n) is 11.2. The third-order valence-electron chi connectivity index (χ3n) is 14.2. The first-order valence-corrected chi connectivity index (χ1v) is 33.0. The molecule has 9 rings (SSSR count). The van der Waals surface area contributed by atoms with Crippen LogP contribution < -0.4 is 13.6 Å². The van der Waals surface area contributed by atoms with Crippen LogP contribution in [0.5, 0.6) is 0 Å². The van der Waals surface area contributed by atoms with Gasteiger partial charge in [0.15, 0.2) is 0 Å². The minimum absolute atomic E-state index is 0.111. The summed E-state index contributed by atoms with van der Waals surface area (Å²) in [6, 6.07) is 39.4. The average Bonchev–Trinajstić information content (AvgIpc) is 3.90. The van der Waals surface area contributed by atoms with Crippen molar-refractivity contribution in [3.8, 4) is 33.4 Å². The molecule has 0 saturated carbocycles. The zero-order chi connectivity index (χ0) is 41.0. The Morgan fingerprint density at radius 3 is 1.45 bits per heavy atom. The van der Waals surface area contributed by atoms with E-state index in [-0.39, 0.29) is 19.1 Å². The Balaban J connectivity index is 1.39. The molecule has 0 bridgehead atoms. The molecule has 4 heteroatoms. The van der Waals surface area contributed by atoms with E-state index in [1.165, 1.54) is 114 Å². The summed E-state index contributed by atoms with van der Waals surface area (Å²) in [6.07, 6.45) is 5.04. The first-order valence-electron chi connectivity index (χ1n) is 21.2. The van der Waals surface area contributed by atoms with E-state index >= 15 is 0 Å². The van der Waals surface area contributed by atoms with Gasteiger partial charge in [-0.05, 0) is 0 Å². The van der Waals surface area contributed by atoms with E-state index in [1.807, 2.05) is 0 Å². The summed E-state index contributed by atoms with van der Waals surface area (Å²) in [4.78, 5) is 0. The topological polar surface area (TPSA) is 0 Å². The van der Waals surface area contributed by atoms with Crippen molar-refractivity contribution in [2.75, 3.05) is 0 Å². The van der Waals surface area contributed by atoms with E-state index in [2.05, 4.69) is 185 Å². The second kappa shape index (κ2) is 14.3. The molecule has 293 valence electrons. The summed E-state index contributed by atoms with van der Waals surface area (Å²) in [5.41, 5.74) is 23.7. The molecule has 6 aromatic carbocycles. The van der Waals surface area contributed by atoms with E-state index in [0.29, 0.717) is 0 Å². The van der Waals surface area contributed by atoms with Crippen LogP contribution in [-0.4, -0.2) is 9.52 Å². The number of rotatable bonds is 7. The number of hydrogen-bond acceptors (Lipinski definition) is 0. The zero-order valence-electron chi connectivity index (χ0n) is 35.7. The van der Waals surface area contributed by atoms with Crippen LogP contribution >= 0.6 is 17.0 Å². The Morgan fingerprint density at radius 1 is 0.500 bits per heavy atom. The third kappa shape index (κ3) is 5.90. The van der Waals surface area contributed by atoms with Gasteiger partial charge in [-0.2, -0.15) is 0 Å². The normalized spacial score (nSPS) is 17.9. The summed E-state index contributed by atoms with van der Waals surface area (Å²) in [7, 11) is 17.9. The van der Waals surface area contributed by atoms with Gasteiger partial charge in [-0.15, -0.1) is 0 Å². The predicted molar refractivity (Wildman–Crippen MR) is 254 cm³/mol. The molecular formula is C54H55Cl2SiZr. The van der Waals surface area contributed by atoms with E-state index in [1.54, 1.807) is 0 Å². The second-order valence-electron chi connectivity index (χ2n) is 18.4. The van der Waals surface area contributed by atoms with Crippen molar-refractivity contribution in [1.82, 2.24) is 0 Å². The van der Waals surface area contributed by atoms with Crippen molar-refractivity contribution in [2.24, 2.45) is 11.8 Å². The molecule has 0 radical (unpaired) electrons. The van der Waals surface area contributed by atoms with Crippen LogP contribution in [0.2, 0.25) is 0 Å². The van der Waals surface area contributed by atoms with Crippen molar-refractivity contribution in [3.63, 3.8) is 0 Å². The molecule has 2 aliphatic carbocycles. The molecule has 0 amide bonds. The third-order valence-corrected chi connectivity index (χ3v) is 36.8. The molecule has 0 saturated heterocycles. The SMILES string of the molecule is Cc1cc(C)c(C)c(-c2cccc3c2C=C(C(C)C)[CH]3[Zr]([Cl])([Cl])([c]2cccc3c2[SiH2]c2ccccc2-3)[CH]2C(C(C)C)=Cc3c(-c4cc(C)cc(C)c4C)cccc32)c1. The van der Waals surface area contributed by atoms with Gasteiger partial charge in [-0.1, -0.05) is 0 Å². The summed E-state index contributed by atoms with van der Waals surface area (Å²) >= 11 is -5.66. The van der Waals surface area contributed by atoms with Gasteiger partial charge in [0.25, 0.3) is 0 Å². The predicted octanol–water partition coefficient (Wildman–Crippen LogP) is 13.2. The average molecular weight is 894 g/mol. The molecule has 1 heterocycles. The molecule has 2 unspecified atom stereocenters. The molecule has 6 aromatic rings. The Labute approximate surface area is 357 Å². The maximum absolute atomic E-state index is 9.37. The Hall–Kier alpha value is -3.52. The quantitative estimate of drug-likeness (QED) is 0.140. The molecule has 0 N–H and O–H groups in total. The van der Waals surface area contributed by atoms with Gasteiger partial charge in [-0.3, -0.25) is 0 Å². The van der Waals surface area contributed by atoms with Gasteiger partial charge in [0.05, 0.1) is 0 Å². The Morgan fingerprint density at radius 2 is 0.948 bits per heavy atom. The Kier molecular flexibility index (Phi) is 9.84. The van der Waals surface area contributed by atoms with Crippen molar-refractivity contribution in [1.29, 1.82) is 0 Å². The summed E-state index contributed by atoms with van der Waals surface area (Å²) in [5.74, 6) is 0.498. The fraction of sp³-hybridized carbons (Fsp3) is 0.259. The molecule has 0 fully saturated rings. The van der Waals surface area contributed by atoms with E-state index in [4.69, 9.17) is 0 Å². The zero-order valence-corrected chi connectivity index (χ0v) is 41.1. The maximum atomic E-state index is 9.37. The van der Waals surface area contributed by atoms with Gasteiger partial charge in [0.1, 0.15) is 0 Å². The van der Waals surface area contributed by atoms with Crippen molar-refractivity contribution in [2.45, 2.75) is 76.5 Å². The number of benzene rings is 6. The monoisotopic (exact) mass is 891 g/mol. The van der Waals surface area contributed by atoms with Crippen molar-refractivity contribution in [3.05, 3.63) is 170 Å².